The van der Waals surface area contributed by atoms with E-state index in [4.69, 9.17) is 5.73 Å². The topological polar surface area (TPSA) is 72.2 Å². The molecule has 0 aliphatic rings. The van der Waals surface area contributed by atoms with Gasteiger partial charge >= 0.3 is 0 Å². The van der Waals surface area contributed by atoms with E-state index in [9.17, 15) is 22.8 Å². The van der Waals surface area contributed by atoms with Crippen molar-refractivity contribution in [2.24, 2.45) is 5.73 Å². The summed E-state index contributed by atoms with van der Waals surface area (Å²) in [6.45, 7) is 0. The number of hydrogen-bond donors (Lipinski definition) is 2. The molecular weight excluding hydrogens is 381 g/mol. The summed E-state index contributed by atoms with van der Waals surface area (Å²) in [6, 6.07) is 15.6. The number of halogens is 3. The van der Waals surface area contributed by atoms with Crippen LogP contribution in [0.25, 0.3) is 11.1 Å². The molecule has 0 aliphatic heterocycles. The lowest BCUT2D eigenvalue weighted by Gasteiger charge is -2.10. The molecule has 29 heavy (non-hydrogen) atoms. The van der Waals surface area contributed by atoms with E-state index in [2.05, 4.69) is 5.32 Å². The number of hydrogen-bond acceptors (Lipinski definition) is 2. The summed E-state index contributed by atoms with van der Waals surface area (Å²) < 4.78 is 40.0. The fourth-order valence-corrected chi connectivity index (χ4v) is 2.94. The molecule has 3 aromatic carbocycles. The quantitative estimate of drug-likeness (QED) is 0.603. The highest BCUT2D eigenvalue weighted by molar-refractivity contribution is 6.00. The van der Waals surface area contributed by atoms with E-state index in [1.165, 1.54) is 0 Å². The maximum absolute atomic E-state index is 13.7. The zero-order valence-corrected chi connectivity index (χ0v) is 15.2. The van der Waals surface area contributed by atoms with Crippen molar-refractivity contribution >= 4 is 17.5 Å². The summed E-state index contributed by atoms with van der Waals surface area (Å²) in [7, 11) is 0. The molecule has 0 spiro atoms. The van der Waals surface area contributed by atoms with Crippen molar-refractivity contribution in [3.63, 3.8) is 0 Å². The molecular formula is C22H17F3N2O2. The van der Waals surface area contributed by atoms with Crippen LogP contribution in [0.3, 0.4) is 0 Å². The van der Waals surface area contributed by atoms with Crippen LogP contribution >= 0.6 is 0 Å². The Labute approximate surface area is 165 Å². The van der Waals surface area contributed by atoms with Crippen LogP contribution in [0.5, 0.6) is 0 Å². The van der Waals surface area contributed by atoms with Gasteiger partial charge < -0.3 is 11.1 Å². The Bertz CT molecular complexity index is 1080. The zero-order chi connectivity index (χ0) is 21.0. The largest absolute Gasteiger partial charge is 0.366 e. The SMILES string of the molecule is NC(=O)c1ccccc1-c1cccc(NC(=O)CCc2ccc(F)c(F)c2F)c1. The summed E-state index contributed by atoms with van der Waals surface area (Å²) in [5, 5.41) is 2.67. The highest BCUT2D eigenvalue weighted by atomic mass is 19.2. The Morgan fingerprint density at radius 2 is 1.66 bits per heavy atom. The van der Waals surface area contributed by atoms with E-state index in [0.29, 0.717) is 22.4 Å². The van der Waals surface area contributed by atoms with Gasteiger partial charge in [0, 0.05) is 17.7 Å². The van der Waals surface area contributed by atoms with Crippen LogP contribution in [-0.4, -0.2) is 11.8 Å². The van der Waals surface area contributed by atoms with Crippen LogP contribution in [0.1, 0.15) is 22.3 Å². The number of nitrogens with one attached hydrogen (secondary N) is 1. The van der Waals surface area contributed by atoms with Crippen molar-refractivity contribution in [1.82, 2.24) is 0 Å². The molecule has 3 rings (SSSR count). The number of carbonyl (C=O) groups is 2. The first-order valence-corrected chi connectivity index (χ1v) is 8.78. The standard InChI is InChI=1S/C22H17F3N2O2/c23-18-10-8-13(20(24)21(18)25)9-11-19(28)27-15-5-3-4-14(12-15)16-6-1-2-7-17(16)22(26)29/h1-8,10,12H,9,11H2,(H2,26,29)(H,27,28). The first-order valence-electron chi connectivity index (χ1n) is 8.78. The van der Waals surface area contributed by atoms with Crippen LogP contribution in [0, 0.1) is 17.5 Å². The first-order chi connectivity index (χ1) is 13.9. The number of aryl methyl sites for hydroxylation is 1. The molecule has 4 nitrogen and oxygen atoms in total. The number of primary amides is 1. The molecule has 0 aromatic heterocycles. The lowest BCUT2D eigenvalue weighted by molar-refractivity contribution is -0.116. The molecule has 0 saturated heterocycles. The number of carbonyl (C=O) groups excluding carboxylic acids is 2. The van der Waals surface area contributed by atoms with Crippen LogP contribution in [0.2, 0.25) is 0 Å². The maximum atomic E-state index is 13.7. The van der Waals surface area contributed by atoms with Gasteiger partial charge in [-0.1, -0.05) is 36.4 Å². The van der Waals surface area contributed by atoms with Crippen molar-refractivity contribution in [2.75, 3.05) is 5.32 Å². The van der Waals surface area contributed by atoms with Gasteiger partial charge in [-0.2, -0.15) is 0 Å². The van der Waals surface area contributed by atoms with Gasteiger partial charge in [-0.05, 0) is 47.4 Å². The molecule has 0 bridgehead atoms. The maximum Gasteiger partial charge on any atom is 0.249 e. The van der Waals surface area contributed by atoms with Crippen LogP contribution in [0.15, 0.2) is 60.7 Å². The van der Waals surface area contributed by atoms with E-state index in [1.807, 2.05) is 0 Å². The minimum atomic E-state index is -1.55. The zero-order valence-electron chi connectivity index (χ0n) is 15.2. The second kappa shape index (κ2) is 8.60. The second-order valence-electron chi connectivity index (χ2n) is 6.37. The minimum Gasteiger partial charge on any atom is -0.366 e. The Morgan fingerprint density at radius 1 is 0.897 bits per heavy atom. The minimum absolute atomic E-state index is 0.0804. The molecule has 0 heterocycles. The van der Waals surface area contributed by atoms with Crippen molar-refractivity contribution in [2.45, 2.75) is 12.8 Å². The fraction of sp³-hybridized carbons (Fsp3) is 0.0909. The van der Waals surface area contributed by atoms with Crippen LogP contribution in [-0.2, 0) is 11.2 Å². The third-order valence-electron chi connectivity index (χ3n) is 4.39. The van der Waals surface area contributed by atoms with Gasteiger partial charge in [0.25, 0.3) is 0 Å². The molecule has 3 aromatic rings. The van der Waals surface area contributed by atoms with Crippen molar-refractivity contribution in [3.8, 4) is 11.1 Å². The summed E-state index contributed by atoms with van der Waals surface area (Å²) in [5.41, 5.74) is 7.46. The van der Waals surface area contributed by atoms with Gasteiger partial charge in [-0.25, -0.2) is 13.2 Å². The van der Waals surface area contributed by atoms with Crippen LogP contribution in [0.4, 0.5) is 18.9 Å². The third kappa shape index (κ3) is 4.63. The van der Waals surface area contributed by atoms with Gasteiger partial charge in [-0.3, -0.25) is 9.59 Å². The Balaban J connectivity index is 1.72. The summed E-state index contributed by atoms with van der Waals surface area (Å²) in [4.78, 5) is 23.8. The molecule has 0 radical (unpaired) electrons. The normalized spacial score (nSPS) is 10.6. The van der Waals surface area contributed by atoms with Gasteiger partial charge in [0.15, 0.2) is 17.5 Å². The number of anilines is 1. The molecule has 0 atom stereocenters. The Morgan fingerprint density at radius 3 is 2.41 bits per heavy atom. The number of rotatable bonds is 6. The first kappa shape index (κ1) is 20.1. The number of nitrogens with two attached hydrogens (primary N) is 1. The summed E-state index contributed by atoms with van der Waals surface area (Å²) in [5.74, 6) is -5.10. The third-order valence-corrected chi connectivity index (χ3v) is 4.39. The predicted molar refractivity (Wildman–Crippen MR) is 104 cm³/mol. The Kier molecular flexibility index (Phi) is 5.97. The van der Waals surface area contributed by atoms with Gasteiger partial charge in [0.05, 0.1) is 0 Å². The van der Waals surface area contributed by atoms with E-state index < -0.39 is 29.3 Å². The molecule has 0 fully saturated rings. The lowest BCUT2D eigenvalue weighted by atomic mass is 9.99. The van der Waals surface area contributed by atoms with E-state index in [0.717, 1.165) is 12.1 Å². The van der Waals surface area contributed by atoms with Gasteiger partial charge in [0.2, 0.25) is 11.8 Å². The molecule has 148 valence electrons. The van der Waals surface area contributed by atoms with Crippen molar-refractivity contribution in [1.29, 1.82) is 0 Å². The summed E-state index contributed by atoms with van der Waals surface area (Å²) >= 11 is 0. The summed E-state index contributed by atoms with van der Waals surface area (Å²) in [6.07, 6.45) is -0.205. The Hall–Kier alpha value is -3.61. The van der Waals surface area contributed by atoms with Gasteiger partial charge in [-0.15, -0.1) is 0 Å². The number of benzene rings is 3. The number of amides is 2. The van der Waals surface area contributed by atoms with E-state index >= 15 is 0 Å². The molecule has 0 aliphatic carbocycles. The average molecular weight is 398 g/mol. The molecule has 0 unspecified atom stereocenters. The lowest BCUT2D eigenvalue weighted by Crippen LogP contribution is -2.13. The monoisotopic (exact) mass is 398 g/mol. The van der Waals surface area contributed by atoms with Crippen molar-refractivity contribution in [3.05, 3.63) is 89.2 Å². The predicted octanol–water partition coefficient (Wildman–Crippen LogP) is 4.44. The molecule has 7 heteroatoms. The highest BCUT2D eigenvalue weighted by Crippen LogP contribution is 2.26. The van der Waals surface area contributed by atoms with E-state index in [1.54, 1.807) is 48.5 Å². The molecule has 0 saturated carbocycles. The van der Waals surface area contributed by atoms with Crippen LogP contribution < -0.4 is 11.1 Å². The smallest absolute Gasteiger partial charge is 0.249 e. The van der Waals surface area contributed by atoms with Crippen molar-refractivity contribution < 1.29 is 22.8 Å². The average Bonchev–Trinajstić information content (AvgIpc) is 2.71. The second-order valence-corrected chi connectivity index (χ2v) is 6.37. The fourth-order valence-electron chi connectivity index (χ4n) is 2.94. The van der Waals surface area contributed by atoms with Gasteiger partial charge in [0.1, 0.15) is 0 Å². The van der Waals surface area contributed by atoms with E-state index in [-0.39, 0.29) is 18.4 Å². The molecule has 2 amide bonds. The molecule has 3 N–H and O–H groups in total. The highest BCUT2D eigenvalue weighted by Gasteiger charge is 2.15.